The topological polar surface area (TPSA) is 75.7 Å². The van der Waals surface area contributed by atoms with Crippen LogP contribution < -0.4 is 10.1 Å². The molecule has 24 heavy (non-hydrogen) atoms. The van der Waals surface area contributed by atoms with Gasteiger partial charge in [0, 0.05) is 37.5 Å². The summed E-state index contributed by atoms with van der Waals surface area (Å²) in [5, 5.41) is 3.12. The van der Waals surface area contributed by atoms with Gasteiger partial charge in [-0.3, -0.25) is 4.79 Å². The third kappa shape index (κ3) is 5.79. The quantitative estimate of drug-likeness (QED) is 0.675. The van der Waals surface area contributed by atoms with Crippen LogP contribution in [0.5, 0.6) is 5.75 Å². The third-order valence-corrected chi connectivity index (χ3v) is 5.83. The van der Waals surface area contributed by atoms with E-state index in [-0.39, 0.29) is 24.0 Å². The Labute approximate surface area is 144 Å². The van der Waals surface area contributed by atoms with Gasteiger partial charge >= 0.3 is 0 Å². The summed E-state index contributed by atoms with van der Waals surface area (Å²) in [7, 11) is -2.96. The Morgan fingerprint density at radius 2 is 1.96 bits per heavy atom. The lowest BCUT2D eigenvalue weighted by atomic mass is 10.2. The molecule has 0 radical (unpaired) electrons. The maximum atomic E-state index is 12.1. The van der Waals surface area contributed by atoms with Crippen LogP contribution in [0.4, 0.5) is 0 Å². The first-order valence-electron chi connectivity index (χ1n) is 8.41. The molecule has 0 atom stereocenters. The van der Waals surface area contributed by atoms with Crippen molar-refractivity contribution in [1.82, 2.24) is 10.2 Å². The fourth-order valence-corrected chi connectivity index (χ4v) is 3.33. The van der Waals surface area contributed by atoms with Crippen LogP contribution in [-0.2, 0) is 21.2 Å². The summed E-state index contributed by atoms with van der Waals surface area (Å²) < 4.78 is 28.6. The van der Waals surface area contributed by atoms with E-state index in [4.69, 9.17) is 4.74 Å². The number of likely N-dealkylation sites (tertiary alicyclic amines) is 1. The zero-order valence-corrected chi connectivity index (χ0v) is 15.0. The maximum Gasteiger partial charge on any atom is 0.260 e. The molecular formula is C17H26N2O4S. The highest BCUT2D eigenvalue weighted by molar-refractivity contribution is 7.91. The molecule has 1 amide bonds. The SMILES string of the molecule is CCS(=O)(=O)CCNCc1ccccc1OCC(=O)N1CCCC1. The molecule has 0 aliphatic carbocycles. The van der Waals surface area contributed by atoms with Crippen LogP contribution in [0, 0.1) is 0 Å². The molecular weight excluding hydrogens is 328 g/mol. The zero-order chi connectivity index (χ0) is 17.4. The first kappa shape index (κ1) is 18.7. The van der Waals surface area contributed by atoms with Gasteiger partial charge in [0.1, 0.15) is 5.75 Å². The summed E-state index contributed by atoms with van der Waals surface area (Å²) in [6.45, 7) is 4.23. The van der Waals surface area contributed by atoms with E-state index in [0.717, 1.165) is 31.5 Å². The molecule has 0 unspecified atom stereocenters. The summed E-state index contributed by atoms with van der Waals surface area (Å²) in [6, 6.07) is 7.50. The number of benzene rings is 1. The fourth-order valence-electron chi connectivity index (χ4n) is 2.58. The van der Waals surface area contributed by atoms with Gasteiger partial charge in [0.2, 0.25) is 0 Å². The van der Waals surface area contributed by atoms with Crippen molar-refractivity contribution in [3.8, 4) is 5.75 Å². The minimum absolute atomic E-state index is 0.0179. The molecule has 1 aliphatic rings. The van der Waals surface area contributed by atoms with Gasteiger partial charge in [0.15, 0.2) is 16.4 Å². The second-order valence-corrected chi connectivity index (χ2v) is 8.37. The molecule has 6 nitrogen and oxygen atoms in total. The summed E-state index contributed by atoms with van der Waals surface area (Å²) >= 11 is 0. The Bertz CT molecular complexity index is 640. The van der Waals surface area contributed by atoms with E-state index in [9.17, 15) is 13.2 Å². The highest BCUT2D eigenvalue weighted by atomic mass is 32.2. The van der Waals surface area contributed by atoms with E-state index < -0.39 is 9.84 Å². The lowest BCUT2D eigenvalue weighted by Gasteiger charge is -2.17. The van der Waals surface area contributed by atoms with Crippen molar-refractivity contribution in [1.29, 1.82) is 0 Å². The maximum absolute atomic E-state index is 12.1. The van der Waals surface area contributed by atoms with Gasteiger partial charge in [-0.2, -0.15) is 0 Å². The molecule has 1 saturated heterocycles. The molecule has 0 bridgehead atoms. The fraction of sp³-hybridized carbons (Fsp3) is 0.588. The van der Waals surface area contributed by atoms with E-state index in [1.807, 2.05) is 29.2 Å². The number of amides is 1. The van der Waals surface area contributed by atoms with Gasteiger partial charge in [-0.1, -0.05) is 25.1 Å². The number of carbonyl (C=O) groups is 1. The summed E-state index contributed by atoms with van der Waals surface area (Å²) in [5.41, 5.74) is 0.917. The van der Waals surface area contributed by atoms with Crippen LogP contribution in [0.3, 0.4) is 0 Å². The molecule has 2 rings (SSSR count). The third-order valence-electron chi connectivity index (χ3n) is 4.13. The molecule has 0 aromatic heterocycles. The average Bonchev–Trinajstić information content (AvgIpc) is 3.12. The number of rotatable bonds is 9. The van der Waals surface area contributed by atoms with E-state index in [1.165, 1.54) is 0 Å². The Morgan fingerprint density at radius 3 is 2.67 bits per heavy atom. The van der Waals surface area contributed by atoms with Crippen molar-refractivity contribution < 1.29 is 17.9 Å². The molecule has 0 spiro atoms. The van der Waals surface area contributed by atoms with Crippen molar-refractivity contribution in [2.45, 2.75) is 26.3 Å². The van der Waals surface area contributed by atoms with E-state index in [2.05, 4.69) is 5.32 Å². The summed E-state index contributed by atoms with van der Waals surface area (Å²) in [4.78, 5) is 13.9. The van der Waals surface area contributed by atoms with Crippen molar-refractivity contribution in [3.63, 3.8) is 0 Å². The minimum Gasteiger partial charge on any atom is -0.483 e. The van der Waals surface area contributed by atoms with Crippen LogP contribution in [-0.4, -0.2) is 57.0 Å². The molecule has 7 heteroatoms. The van der Waals surface area contributed by atoms with Crippen molar-refractivity contribution in [3.05, 3.63) is 29.8 Å². The number of sulfone groups is 1. The molecule has 1 fully saturated rings. The van der Waals surface area contributed by atoms with Crippen LogP contribution >= 0.6 is 0 Å². The molecule has 134 valence electrons. The monoisotopic (exact) mass is 354 g/mol. The van der Waals surface area contributed by atoms with E-state index in [1.54, 1.807) is 6.92 Å². The Kier molecular flexibility index (Phi) is 7.05. The second-order valence-electron chi connectivity index (χ2n) is 5.90. The van der Waals surface area contributed by atoms with Gasteiger partial charge in [0.05, 0.1) is 5.75 Å². The zero-order valence-electron chi connectivity index (χ0n) is 14.2. The van der Waals surface area contributed by atoms with Crippen molar-refractivity contribution in [2.75, 3.05) is 37.7 Å². The molecule has 0 saturated carbocycles. The summed E-state index contributed by atoms with van der Waals surface area (Å²) in [6.07, 6.45) is 2.12. The van der Waals surface area contributed by atoms with Crippen molar-refractivity contribution in [2.24, 2.45) is 0 Å². The predicted octanol–water partition coefficient (Wildman–Crippen LogP) is 1.21. The number of hydrogen-bond acceptors (Lipinski definition) is 5. The normalized spacial score (nSPS) is 14.8. The standard InChI is InChI=1S/C17H26N2O4S/c1-2-24(21,22)12-9-18-13-15-7-3-4-8-16(15)23-14-17(20)19-10-5-6-11-19/h3-4,7-8,18H,2,5-6,9-14H2,1H3. The summed E-state index contributed by atoms with van der Waals surface area (Å²) in [5.74, 6) is 0.965. The lowest BCUT2D eigenvalue weighted by molar-refractivity contribution is -0.132. The number of nitrogens with zero attached hydrogens (tertiary/aromatic N) is 1. The van der Waals surface area contributed by atoms with Gasteiger partial charge in [-0.15, -0.1) is 0 Å². The van der Waals surface area contributed by atoms with Crippen LogP contribution in [0.25, 0.3) is 0 Å². The minimum atomic E-state index is -2.96. The van der Waals surface area contributed by atoms with Gasteiger partial charge in [0.25, 0.3) is 5.91 Å². The predicted molar refractivity (Wildman–Crippen MR) is 93.8 cm³/mol. The highest BCUT2D eigenvalue weighted by Gasteiger charge is 2.18. The Balaban J connectivity index is 1.82. The molecule has 1 aromatic carbocycles. The van der Waals surface area contributed by atoms with Crippen LogP contribution in [0.15, 0.2) is 24.3 Å². The van der Waals surface area contributed by atoms with Crippen molar-refractivity contribution >= 4 is 15.7 Å². The molecule has 1 aliphatic heterocycles. The first-order valence-corrected chi connectivity index (χ1v) is 10.2. The largest absolute Gasteiger partial charge is 0.483 e. The molecule has 1 heterocycles. The number of carbonyl (C=O) groups excluding carboxylic acids is 1. The van der Waals surface area contributed by atoms with E-state index in [0.29, 0.717) is 18.8 Å². The number of nitrogens with one attached hydrogen (secondary N) is 1. The van der Waals surface area contributed by atoms with Gasteiger partial charge in [-0.25, -0.2) is 8.42 Å². The number of para-hydroxylation sites is 1. The molecule has 1 aromatic rings. The first-order chi connectivity index (χ1) is 11.5. The highest BCUT2D eigenvalue weighted by Crippen LogP contribution is 2.18. The number of ether oxygens (including phenoxy) is 1. The Morgan fingerprint density at radius 1 is 1.25 bits per heavy atom. The second kappa shape index (κ2) is 9.03. The average molecular weight is 354 g/mol. The number of hydrogen-bond donors (Lipinski definition) is 1. The Hall–Kier alpha value is -1.60. The van der Waals surface area contributed by atoms with Gasteiger partial charge < -0.3 is 15.0 Å². The van der Waals surface area contributed by atoms with Crippen LogP contribution in [0.1, 0.15) is 25.3 Å². The van der Waals surface area contributed by atoms with E-state index >= 15 is 0 Å². The van der Waals surface area contributed by atoms with Crippen LogP contribution in [0.2, 0.25) is 0 Å². The lowest BCUT2D eigenvalue weighted by Crippen LogP contribution is -2.32. The smallest absolute Gasteiger partial charge is 0.260 e. The molecule has 1 N–H and O–H groups in total. The van der Waals surface area contributed by atoms with Gasteiger partial charge in [-0.05, 0) is 18.9 Å².